The van der Waals surface area contributed by atoms with Gasteiger partial charge in [-0.25, -0.2) is 0 Å². The topological polar surface area (TPSA) is 42.3 Å². The Kier molecular flexibility index (Phi) is 8.86. The summed E-state index contributed by atoms with van der Waals surface area (Å²) < 4.78 is 7.79. The first-order chi connectivity index (χ1) is 18.1. The number of likely N-dealkylation sites (N-methyl/N-ethyl adjacent to an activating group) is 1. The quantitative estimate of drug-likeness (QED) is 0.386. The van der Waals surface area contributed by atoms with E-state index in [1.54, 1.807) is 0 Å². The van der Waals surface area contributed by atoms with Crippen molar-refractivity contribution >= 4 is 11.4 Å². The van der Waals surface area contributed by atoms with Crippen molar-refractivity contribution in [1.29, 1.82) is 0 Å². The number of benzene rings is 2. The number of hydrogen-bond donors (Lipinski definition) is 1. The van der Waals surface area contributed by atoms with Gasteiger partial charge in [-0.1, -0.05) is 66.3 Å². The molecule has 3 aliphatic heterocycles. The molecule has 0 atom stereocenters. The van der Waals surface area contributed by atoms with Crippen molar-refractivity contribution < 1.29 is 4.74 Å². The normalized spacial score (nSPS) is 15.2. The minimum absolute atomic E-state index is 0.566. The Bertz CT molecular complexity index is 1250. The number of hydrogen-bond acceptors (Lipinski definition) is 4. The molecule has 0 saturated heterocycles. The van der Waals surface area contributed by atoms with Crippen LogP contribution >= 0.6 is 0 Å². The minimum atomic E-state index is 0.566. The average Bonchev–Trinajstić information content (AvgIpc) is 3.59. The van der Waals surface area contributed by atoms with E-state index in [9.17, 15) is 0 Å². The first-order valence-electron chi connectivity index (χ1n) is 14.2. The summed E-state index contributed by atoms with van der Waals surface area (Å²) in [6.07, 6.45) is 5.52. The molecule has 3 aromatic rings. The summed E-state index contributed by atoms with van der Waals surface area (Å²) in [5.74, 6) is 2.84. The Morgan fingerprint density at radius 2 is 1.63 bits per heavy atom. The molecule has 0 spiro atoms. The monoisotopic (exact) mass is 514 g/mol. The molecule has 5 heteroatoms. The molecular weight excluding hydrogens is 468 g/mol. The van der Waals surface area contributed by atoms with Crippen LogP contribution in [0.2, 0.25) is 0 Å². The van der Waals surface area contributed by atoms with Crippen LogP contribution in [0.15, 0.2) is 54.9 Å². The lowest BCUT2D eigenvalue weighted by Gasteiger charge is -2.28. The second kappa shape index (κ2) is 12.1. The van der Waals surface area contributed by atoms with Gasteiger partial charge >= 0.3 is 0 Å². The van der Waals surface area contributed by atoms with Crippen molar-refractivity contribution in [2.45, 2.75) is 85.1 Å². The van der Waals surface area contributed by atoms with Crippen molar-refractivity contribution in [3.05, 3.63) is 82.8 Å². The van der Waals surface area contributed by atoms with Crippen LogP contribution in [-0.2, 0) is 19.4 Å². The first-order valence-corrected chi connectivity index (χ1v) is 14.2. The maximum Gasteiger partial charge on any atom is 0.142 e. The van der Waals surface area contributed by atoms with E-state index in [0.29, 0.717) is 17.8 Å². The highest BCUT2D eigenvalue weighted by molar-refractivity contribution is 5.63. The summed E-state index contributed by atoms with van der Waals surface area (Å²) in [6, 6.07) is 13.1. The Morgan fingerprint density at radius 3 is 2.34 bits per heavy atom. The number of aromatic nitrogens is 2. The van der Waals surface area contributed by atoms with E-state index in [2.05, 4.69) is 112 Å². The maximum absolute atomic E-state index is 5.64. The number of nitrogens with one attached hydrogen (secondary N) is 1. The SMILES string of the molecule is C=C1Cc2cc(C(C)C)ccc2N1.CC(C)c1ccc2c(c1)OCCN2C.CC(C)c1cnn2c1CCC2. The van der Waals surface area contributed by atoms with Gasteiger partial charge in [0.05, 0.1) is 18.4 Å². The van der Waals surface area contributed by atoms with Gasteiger partial charge in [0.1, 0.15) is 12.4 Å². The van der Waals surface area contributed by atoms with Crippen LogP contribution in [0.25, 0.3) is 0 Å². The molecule has 0 unspecified atom stereocenters. The molecule has 204 valence electrons. The third-order valence-corrected chi connectivity index (χ3v) is 7.64. The summed E-state index contributed by atoms with van der Waals surface area (Å²) >= 11 is 0. The van der Waals surface area contributed by atoms with Crippen LogP contribution in [0.1, 0.15) is 93.7 Å². The van der Waals surface area contributed by atoms with Gasteiger partial charge in [0, 0.05) is 37.1 Å². The minimum Gasteiger partial charge on any atom is -0.490 e. The summed E-state index contributed by atoms with van der Waals surface area (Å²) in [6.45, 7) is 20.1. The summed E-state index contributed by atoms with van der Waals surface area (Å²) in [5.41, 5.74) is 10.6. The van der Waals surface area contributed by atoms with Gasteiger partial charge in [-0.15, -0.1) is 0 Å². The van der Waals surface area contributed by atoms with Crippen LogP contribution in [0.4, 0.5) is 11.4 Å². The zero-order chi connectivity index (χ0) is 27.4. The third kappa shape index (κ3) is 6.43. The van der Waals surface area contributed by atoms with E-state index in [1.807, 2.05) is 6.20 Å². The molecule has 6 rings (SSSR count). The summed E-state index contributed by atoms with van der Waals surface area (Å²) in [7, 11) is 2.11. The fraction of sp³-hybridized carbons (Fsp3) is 0.485. The molecular formula is C33H46N4O. The van der Waals surface area contributed by atoms with E-state index in [0.717, 1.165) is 37.6 Å². The maximum atomic E-state index is 5.64. The summed E-state index contributed by atoms with van der Waals surface area (Å²) in [5, 5.41) is 7.60. The second-order valence-electron chi connectivity index (χ2n) is 11.7. The van der Waals surface area contributed by atoms with E-state index in [1.165, 1.54) is 52.2 Å². The van der Waals surface area contributed by atoms with Gasteiger partial charge in [0.15, 0.2) is 0 Å². The number of aryl methyl sites for hydroxylation is 1. The molecule has 3 aliphatic rings. The highest BCUT2D eigenvalue weighted by atomic mass is 16.5. The lowest BCUT2D eigenvalue weighted by Crippen LogP contribution is -2.28. The number of anilines is 2. The van der Waals surface area contributed by atoms with E-state index < -0.39 is 0 Å². The van der Waals surface area contributed by atoms with Crippen LogP contribution < -0.4 is 15.0 Å². The predicted molar refractivity (Wildman–Crippen MR) is 161 cm³/mol. The van der Waals surface area contributed by atoms with Crippen LogP contribution in [0, 0.1) is 0 Å². The Morgan fingerprint density at radius 1 is 0.921 bits per heavy atom. The lowest BCUT2D eigenvalue weighted by atomic mass is 10.00. The molecule has 38 heavy (non-hydrogen) atoms. The molecule has 1 N–H and O–H groups in total. The van der Waals surface area contributed by atoms with E-state index >= 15 is 0 Å². The van der Waals surface area contributed by atoms with Crippen molar-refractivity contribution in [2.24, 2.45) is 0 Å². The molecule has 0 bridgehead atoms. The molecule has 0 amide bonds. The lowest BCUT2D eigenvalue weighted by molar-refractivity contribution is 0.311. The second-order valence-corrected chi connectivity index (χ2v) is 11.7. The predicted octanol–water partition coefficient (Wildman–Crippen LogP) is 7.88. The molecule has 0 saturated carbocycles. The fourth-order valence-electron chi connectivity index (χ4n) is 5.21. The molecule has 5 nitrogen and oxygen atoms in total. The standard InChI is InChI=1S/C12H17NO.C12H15N.C9H14N2/c1-9(2)10-4-5-11-12(8-10)14-7-6-13(11)3;1-8(2)10-4-5-12-11(7-10)6-9(3)13-12;1-7(2)8-6-10-11-5-3-4-9(8)11/h4-5,8-9H,6-7H2,1-3H3;4-5,7-8,13H,3,6H2,1-2H3;6-7H,3-5H2,1-2H3. The van der Waals surface area contributed by atoms with Gasteiger partial charge in [-0.05, 0) is 71.0 Å². The van der Waals surface area contributed by atoms with Crippen molar-refractivity contribution in [1.82, 2.24) is 9.78 Å². The number of allylic oxidation sites excluding steroid dienone is 1. The Labute approximate surface area is 229 Å². The number of fused-ring (bicyclic) bond motifs is 3. The number of ether oxygens (including phenoxy) is 1. The Hall–Kier alpha value is -3.21. The highest BCUT2D eigenvalue weighted by Gasteiger charge is 2.18. The Balaban J connectivity index is 0.000000134. The van der Waals surface area contributed by atoms with Gasteiger partial charge in [-0.2, -0.15) is 5.10 Å². The number of rotatable bonds is 3. The molecule has 2 aromatic carbocycles. The van der Waals surface area contributed by atoms with Gasteiger partial charge in [0.25, 0.3) is 0 Å². The molecule has 4 heterocycles. The van der Waals surface area contributed by atoms with Crippen LogP contribution in [0.5, 0.6) is 5.75 Å². The fourth-order valence-corrected chi connectivity index (χ4v) is 5.21. The molecule has 1 aromatic heterocycles. The third-order valence-electron chi connectivity index (χ3n) is 7.64. The highest BCUT2D eigenvalue weighted by Crippen LogP contribution is 2.33. The molecule has 0 aliphatic carbocycles. The van der Waals surface area contributed by atoms with E-state index in [4.69, 9.17) is 4.74 Å². The largest absolute Gasteiger partial charge is 0.490 e. The van der Waals surface area contributed by atoms with Crippen LogP contribution in [0.3, 0.4) is 0 Å². The summed E-state index contributed by atoms with van der Waals surface area (Å²) in [4.78, 5) is 2.24. The zero-order valence-corrected chi connectivity index (χ0v) is 24.5. The van der Waals surface area contributed by atoms with Crippen molar-refractivity contribution in [3.63, 3.8) is 0 Å². The smallest absolute Gasteiger partial charge is 0.142 e. The van der Waals surface area contributed by atoms with Gasteiger partial charge < -0.3 is 15.0 Å². The molecule has 0 fully saturated rings. The van der Waals surface area contributed by atoms with Crippen molar-refractivity contribution in [3.8, 4) is 5.75 Å². The van der Waals surface area contributed by atoms with E-state index in [-0.39, 0.29) is 0 Å². The zero-order valence-electron chi connectivity index (χ0n) is 24.5. The van der Waals surface area contributed by atoms with Crippen LogP contribution in [-0.4, -0.2) is 30.0 Å². The van der Waals surface area contributed by atoms with Gasteiger partial charge in [-0.3, -0.25) is 4.68 Å². The average molecular weight is 515 g/mol. The van der Waals surface area contributed by atoms with Gasteiger partial charge in [0.2, 0.25) is 0 Å². The number of nitrogens with zero attached hydrogens (tertiary/aromatic N) is 3. The van der Waals surface area contributed by atoms with Crippen molar-refractivity contribution in [2.75, 3.05) is 30.4 Å². The molecule has 0 radical (unpaired) electrons. The first kappa shape index (κ1) is 27.8.